The van der Waals surface area contributed by atoms with Gasteiger partial charge in [0, 0.05) is 0 Å². The van der Waals surface area contributed by atoms with Crippen molar-refractivity contribution in [3.63, 3.8) is 0 Å². The van der Waals surface area contributed by atoms with Crippen LogP contribution in [0.25, 0.3) is 0 Å². The maximum absolute atomic E-state index is 2.28. The van der Waals surface area contributed by atoms with Gasteiger partial charge in [0.15, 0.2) is 0 Å². The van der Waals surface area contributed by atoms with E-state index in [1.165, 1.54) is 5.19 Å². The summed E-state index contributed by atoms with van der Waals surface area (Å²) in [5, 5.41) is 1.41. The second-order valence-corrected chi connectivity index (χ2v) is 5.41. The van der Waals surface area contributed by atoms with Crippen LogP contribution in [0, 0.1) is 5.41 Å². The van der Waals surface area contributed by atoms with E-state index < -0.39 is 0 Å². The van der Waals surface area contributed by atoms with Gasteiger partial charge in [-0.15, -0.1) is 0 Å². The second-order valence-electron chi connectivity index (χ2n) is 4.21. The normalized spacial score (nSPS) is 12.2. The van der Waals surface area contributed by atoms with Crippen LogP contribution < -0.4 is 5.19 Å². The summed E-state index contributed by atoms with van der Waals surface area (Å²) in [4.78, 5) is 0. The summed E-state index contributed by atoms with van der Waals surface area (Å²) in [5.41, 5.74) is 2.58. The van der Waals surface area contributed by atoms with E-state index in [2.05, 4.69) is 62.9 Å². The Bertz CT molecular complexity index is 267. The van der Waals surface area contributed by atoms with Crippen LogP contribution in [-0.4, -0.2) is 9.52 Å². The Morgan fingerprint density at radius 1 is 1.08 bits per heavy atom. The molecule has 1 rings (SSSR count). The van der Waals surface area contributed by atoms with Gasteiger partial charge in [-0.05, 0) is 5.41 Å². The van der Waals surface area contributed by atoms with E-state index in [9.17, 15) is 0 Å². The fraction of sp³-hybridized carbons (Fsp3) is 0.333. The molecule has 13 heavy (non-hydrogen) atoms. The molecule has 0 atom stereocenters. The lowest BCUT2D eigenvalue weighted by molar-refractivity contribution is 0.545. The summed E-state index contributed by atoms with van der Waals surface area (Å²) in [6.45, 7) is 6.66. The van der Waals surface area contributed by atoms with Gasteiger partial charge in [0.2, 0.25) is 0 Å². The first-order valence-corrected chi connectivity index (χ1v) is 5.65. The zero-order chi connectivity index (χ0) is 9.73. The summed E-state index contributed by atoms with van der Waals surface area (Å²) in [6, 6.07) is 10.6. The van der Waals surface area contributed by atoms with Gasteiger partial charge in [-0.1, -0.05) is 68.1 Å². The maximum atomic E-state index is 2.28. The minimum atomic E-state index is 0.307. The Morgan fingerprint density at radius 2 is 1.69 bits per heavy atom. The number of allylic oxidation sites excluding steroid dienone is 1. The summed E-state index contributed by atoms with van der Waals surface area (Å²) < 4.78 is 0. The molecule has 2 radical (unpaired) electrons. The van der Waals surface area contributed by atoms with Gasteiger partial charge in [0.05, 0.1) is 0 Å². The lowest BCUT2D eigenvalue weighted by atomic mass is 9.98. The van der Waals surface area contributed by atoms with Crippen molar-refractivity contribution in [1.82, 2.24) is 0 Å². The molecular weight excluding hydrogens is 172 g/mol. The lowest BCUT2D eigenvalue weighted by Crippen LogP contribution is -2.11. The zero-order valence-electron chi connectivity index (χ0n) is 8.54. The SMILES string of the molecule is CC(C)(C)/C=C/[Si]c1ccccc1. The molecule has 0 aromatic heterocycles. The Kier molecular flexibility index (Phi) is 3.49. The molecule has 0 heterocycles. The molecule has 1 aromatic carbocycles. The minimum Gasteiger partial charge on any atom is -0.0968 e. The largest absolute Gasteiger partial charge is 0.111 e. The molecule has 0 fully saturated rings. The molecular formula is C12H16Si. The molecule has 0 amide bonds. The standard InChI is InChI=1S/C12H16Si/c1-12(2,3)9-10-13-11-7-5-4-6-8-11/h4-10H,1-3H3/b10-9+. The van der Waals surface area contributed by atoms with Gasteiger partial charge in [0.25, 0.3) is 0 Å². The third kappa shape index (κ3) is 4.68. The van der Waals surface area contributed by atoms with E-state index in [4.69, 9.17) is 0 Å². The molecule has 1 heteroatoms. The van der Waals surface area contributed by atoms with Crippen molar-refractivity contribution in [2.45, 2.75) is 20.8 Å². The first-order chi connectivity index (χ1) is 6.08. The topological polar surface area (TPSA) is 0 Å². The molecule has 0 nitrogen and oxygen atoms in total. The first kappa shape index (κ1) is 10.3. The highest BCUT2D eigenvalue weighted by molar-refractivity contribution is 6.58. The Hall–Kier alpha value is -0.823. The van der Waals surface area contributed by atoms with Gasteiger partial charge in [0.1, 0.15) is 9.52 Å². The molecule has 0 aliphatic rings. The smallest absolute Gasteiger partial charge is 0.0968 e. The number of hydrogen-bond donors (Lipinski definition) is 0. The predicted octanol–water partition coefficient (Wildman–Crippen LogP) is 2.58. The fourth-order valence-corrected chi connectivity index (χ4v) is 2.08. The van der Waals surface area contributed by atoms with Crippen LogP contribution in [0.4, 0.5) is 0 Å². The van der Waals surface area contributed by atoms with Crippen LogP contribution in [0.1, 0.15) is 20.8 Å². The minimum absolute atomic E-state index is 0.307. The van der Waals surface area contributed by atoms with Crippen LogP contribution in [0.2, 0.25) is 0 Å². The van der Waals surface area contributed by atoms with Gasteiger partial charge >= 0.3 is 0 Å². The van der Waals surface area contributed by atoms with Gasteiger partial charge in [-0.25, -0.2) is 0 Å². The molecule has 0 unspecified atom stereocenters. The van der Waals surface area contributed by atoms with Crippen LogP contribution in [0.15, 0.2) is 42.1 Å². The Labute approximate surface area is 83.5 Å². The summed E-state index contributed by atoms with van der Waals surface area (Å²) in [5.74, 6) is 0. The molecule has 1 aromatic rings. The van der Waals surface area contributed by atoms with Gasteiger partial charge < -0.3 is 0 Å². The summed E-state index contributed by atoms with van der Waals surface area (Å²) in [6.07, 6.45) is 2.28. The summed E-state index contributed by atoms with van der Waals surface area (Å²) in [7, 11) is 0.797. The van der Waals surface area contributed by atoms with E-state index >= 15 is 0 Å². The average molecular weight is 188 g/mol. The Balaban J connectivity index is 2.49. The number of rotatable bonds is 2. The second kappa shape index (κ2) is 4.42. The van der Waals surface area contributed by atoms with E-state index in [1.54, 1.807) is 0 Å². The Morgan fingerprint density at radius 3 is 2.23 bits per heavy atom. The van der Waals surface area contributed by atoms with Gasteiger partial charge in [-0.3, -0.25) is 0 Å². The van der Waals surface area contributed by atoms with Crippen molar-refractivity contribution in [3.05, 3.63) is 42.1 Å². The fourth-order valence-electron chi connectivity index (χ4n) is 0.922. The van der Waals surface area contributed by atoms with Crippen molar-refractivity contribution in [2.75, 3.05) is 0 Å². The maximum Gasteiger partial charge on any atom is 0.111 e. The van der Waals surface area contributed by atoms with Crippen LogP contribution in [0.3, 0.4) is 0 Å². The van der Waals surface area contributed by atoms with E-state index in [0.717, 1.165) is 9.52 Å². The van der Waals surface area contributed by atoms with E-state index in [-0.39, 0.29) is 0 Å². The highest BCUT2D eigenvalue weighted by atomic mass is 28.2. The highest BCUT2D eigenvalue weighted by Crippen LogP contribution is 2.13. The average Bonchev–Trinajstić information content (AvgIpc) is 2.04. The monoisotopic (exact) mass is 188 g/mol. The third-order valence-corrected chi connectivity index (χ3v) is 2.61. The lowest BCUT2D eigenvalue weighted by Gasteiger charge is -2.10. The molecule has 0 aliphatic heterocycles. The predicted molar refractivity (Wildman–Crippen MR) is 60.4 cm³/mol. The molecule has 0 saturated carbocycles. The van der Waals surface area contributed by atoms with Crippen LogP contribution >= 0.6 is 0 Å². The number of benzene rings is 1. The number of hydrogen-bond acceptors (Lipinski definition) is 0. The van der Waals surface area contributed by atoms with Gasteiger partial charge in [-0.2, -0.15) is 0 Å². The quantitative estimate of drug-likeness (QED) is 0.626. The van der Waals surface area contributed by atoms with Crippen molar-refractivity contribution in [2.24, 2.45) is 5.41 Å². The molecule has 0 aliphatic carbocycles. The molecule has 0 bridgehead atoms. The van der Waals surface area contributed by atoms with Crippen molar-refractivity contribution in [1.29, 1.82) is 0 Å². The van der Waals surface area contributed by atoms with Crippen molar-refractivity contribution < 1.29 is 0 Å². The zero-order valence-corrected chi connectivity index (χ0v) is 9.54. The molecule has 68 valence electrons. The van der Waals surface area contributed by atoms with Crippen LogP contribution in [0.5, 0.6) is 0 Å². The third-order valence-electron chi connectivity index (χ3n) is 1.61. The molecule has 0 N–H and O–H groups in total. The molecule has 0 saturated heterocycles. The summed E-state index contributed by atoms with van der Waals surface area (Å²) >= 11 is 0. The van der Waals surface area contributed by atoms with E-state index in [0.29, 0.717) is 5.41 Å². The van der Waals surface area contributed by atoms with Crippen molar-refractivity contribution >= 4 is 14.7 Å². The molecule has 0 spiro atoms. The first-order valence-electron chi connectivity index (χ1n) is 4.57. The van der Waals surface area contributed by atoms with Crippen LogP contribution in [-0.2, 0) is 0 Å². The highest BCUT2D eigenvalue weighted by Gasteiger charge is 2.02. The van der Waals surface area contributed by atoms with Crippen molar-refractivity contribution in [3.8, 4) is 0 Å². The van der Waals surface area contributed by atoms with E-state index in [1.807, 2.05) is 0 Å².